The Morgan fingerprint density at radius 1 is 1.00 bits per heavy atom. The van der Waals surface area contributed by atoms with Crippen LogP contribution in [-0.2, 0) is 0 Å². The Hall–Kier alpha value is -2.39. The van der Waals surface area contributed by atoms with Crippen LogP contribution in [0.2, 0.25) is 0 Å². The Balaban J connectivity index is 2.02. The van der Waals surface area contributed by atoms with Gasteiger partial charge in [0.15, 0.2) is 0 Å². The third kappa shape index (κ3) is 2.36. The molecule has 100 valence electrons. The van der Waals surface area contributed by atoms with Crippen molar-refractivity contribution in [2.45, 2.75) is 13.0 Å². The van der Waals surface area contributed by atoms with E-state index in [1.165, 1.54) is 5.56 Å². The summed E-state index contributed by atoms with van der Waals surface area (Å²) in [6.45, 7) is 2.07. The lowest BCUT2D eigenvalue weighted by molar-refractivity contribution is 0.739. The van der Waals surface area contributed by atoms with E-state index in [1.54, 1.807) is 6.20 Å². The Morgan fingerprint density at radius 3 is 2.55 bits per heavy atom. The molecule has 0 saturated heterocycles. The molecule has 1 atom stereocenters. The molecule has 1 heterocycles. The second-order valence-electron chi connectivity index (χ2n) is 4.90. The van der Waals surface area contributed by atoms with Crippen molar-refractivity contribution in [3.63, 3.8) is 0 Å². The largest absolute Gasteiger partial charge is 0.319 e. The predicted octanol–water partition coefficient (Wildman–Crippen LogP) is 3.23. The molecule has 0 amide bonds. The summed E-state index contributed by atoms with van der Waals surface area (Å²) >= 11 is 0. The number of rotatable bonds is 3. The van der Waals surface area contributed by atoms with Crippen LogP contribution in [0.25, 0.3) is 5.69 Å². The van der Waals surface area contributed by atoms with Gasteiger partial charge in [0.2, 0.25) is 0 Å². The van der Waals surface area contributed by atoms with E-state index in [9.17, 15) is 0 Å². The van der Waals surface area contributed by atoms with E-state index in [2.05, 4.69) is 30.2 Å². The van der Waals surface area contributed by atoms with Gasteiger partial charge >= 0.3 is 0 Å². The van der Waals surface area contributed by atoms with Crippen LogP contribution in [0.4, 0.5) is 0 Å². The van der Waals surface area contributed by atoms with E-state index in [4.69, 9.17) is 5.73 Å². The lowest BCUT2D eigenvalue weighted by Gasteiger charge is -2.15. The van der Waals surface area contributed by atoms with E-state index in [0.717, 1.165) is 16.9 Å². The minimum absolute atomic E-state index is 0.183. The lowest BCUT2D eigenvalue weighted by atomic mass is 10.0. The summed E-state index contributed by atoms with van der Waals surface area (Å²) in [5.41, 5.74) is 10.7. The van der Waals surface area contributed by atoms with Crippen LogP contribution < -0.4 is 5.73 Å². The average Bonchev–Trinajstić information content (AvgIpc) is 2.97. The highest BCUT2D eigenvalue weighted by atomic mass is 15.3. The van der Waals surface area contributed by atoms with Gasteiger partial charge < -0.3 is 5.73 Å². The van der Waals surface area contributed by atoms with Crippen molar-refractivity contribution < 1.29 is 0 Å². The highest BCUT2D eigenvalue weighted by molar-refractivity contribution is 5.37. The monoisotopic (exact) mass is 263 g/mol. The molecule has 3 heteroatoms. The molecule has 1 unspecified atom stereocenters. The molecular weight excluding hydrogens is 246 g/mol. The summed E-state index contributed by atoms with van der Waals surface area (Å²) in [5, 5.41) is 4.39. The maximum absolute atomic E-state index is 6.41. The van der Waals surface area contributed by atoms with E-state index < -0.39 is 0 Å². The molecule has 2 N–H and O–H groups in total. The van der Waals surface area contributed by atoms with Crippen molar-refractivity contribution >= 4 is 0 Å². The quantitative estimate of drug-likeness (QED) is 0.788. The van der Waals surface area contributed by atoms with Crippen molar-refractivity contribution in [3.8, 4) is 5.69 Å². The number of nitrogens with zero attached hydrogens (tertiary/aromatic N) is 2. The second kappa shape index (κ2) is 5.31. The van der Waals surface area contributed by atoms with Gasteiger partial charge in [-0.15, -0.1) is 0 Å². The molecule has 3 aromatic rings. The third-order valence-corrected chi connectivity index (χ3v) is 3.39. The number of nitrogens with two attached hydrogens (primary N) is 1. The summed E-state index contributed by atoms with van der Waals surface area (Å²) in [6.07, 6.45) is 1.79. The first-order chi connectivity index (χ1) is 9.75. The summed E-state index contributed by atoms with van der Waals surface area (Å²) < 4.78 is 1.90. The zero-order chi connectivity index (χ0) is 13.9. The van der Waals surface area contributed by atoms with Gasteiger partial charge in [-0.1, -0.05) is 48.0 Å². The second-order valence-corrected chi connectivity index (χ2v) is 4.90. The van der Waals surface area contributed by atoms with Crippen molar-refractivity contribution in [2.75, 3.05) is 0 Å². The standard InChI is InChI=1S/C17H17N3/c1-13-6-5-7-14(12-13)17(18)16-10-11-19-20(16)15-8-3-2-4-9-15/h2-12,17H,18H2,1H3. The van der Waals surface area contributed by atoms with Gasteiger partial charge in [0.05, 0.1) is 17.4 Å². The topological polar surface area (TPSA) is 43.8 Å². The van der Waals surface area contributed by atoms with Crippen molar-refractivity contribution in [1.82, 2.24) is 9.78 Å². The Kier molecular flexibility index (Phi) is 3.35. The molecule has 3 rings (SSSR count). The number of para-hydroxylation sites is 1. The van der Waals surface area contributed by atoms with E-state index in [-0.39, 0.29) is 6.04 Å². The molecule has 3 nitrogen and oxygen atoms in total. The molecule has 0 aliphatic rings. The molecule has 0 saturated carbocycles. The highest BCUT2D eigenvalue weighted by Gasteiger charge is 2.14. The van der Waals surface area contributed by atoms with Crippen LogP contribution in [0.5, 0.6) is 0 Å². The van der Waals surface area contributed by atoms with Gasteiger partial charge in [0.1, 0.15) is 0 Å². The Morgan fingerprint density at radius 2 is 1.80 bits per heavy atom. The smallest absolute Gasteiger partial charge is 0.0727 e. The average molecular weight is 263 g/mol. The number of hydrogen-bond donors (Lipinski definition) is 1. The van der Waals surface area contributed by atoms with Gasteiger partial charge in [-0.2, -0.15) is 5.10 Å². The van der Waals surface area contributed by atoms with E-state index in [0.29, 0.717) is 0 Å². The molecule has 0 fully saturated rings. The summed E-state index contributed by atoms with van der Waals surface area (Å²) in [5.74, 6) is 0. The van der Waals surface area contributed by atoms with Gasteiger partial charge in [-0.3, -0.25) is 0 Å². The molecular formula is C17H17N3. The molecule has 0 aliphatic carbocycles. The SMILES string of the molecule is Cc1cccc(C(N)c2ccnn2-c2ccccc2)c1. The molecule has 0 bridgehead atoms. The molecule has 20 heavy (non-hydrogen) atoms. The number of aryl methyl sites for hydroxylation is 1. The minimum atomic E-state index is -0.183. The Bertz CT molecular complexity index is 701. The van der Waals surface area contributed by atoms with Crippen LogP contribution in [0.1, 0.15) is 22.9 Å². The van der Waals surface area contributed by atoms with Crippen LogP contribution in [-0.4, -0.2) is 9.78 Å². The van der Waals surface area contributed by atoms with Gasteiger partial charge in [0, 0.05) is 6.20 Å². The summed E-state index contributed by atoms with van der Waals surface area (Å²) in [7, 11) is 0. The first-order valence-electron chi connectivity index (χ1n) is 6.67. The number of benzene rings is 2. The lowest BCUT2D eigenvalue weighted by Crippen LogP contribution is -2.16. The number of aromatic nitrogens is 2. The van der Waals surface area contributed by atoms with Crippen LogP contribution in [0.15, 0.2) is 66.9 Å². The normalized spacial score (nSPS) is 12.3. The third-order valence-electron chi connectivity index (χ3n) is 3.39. The first kappa shape index (κ1) is 12.6. The van der Waals surface area contributed by atoms with Gasteiger partial charge in [0.25, 0.3) is 0 Å². The maximum atomic E-state index is 6.41. The van der Waals surface area contributed by atoms with E-state index >= 15 is 0 Å². The maximum Gasteiger partial charge on any atom is 0.0727 e. The summed E-state index contributed by atoms with van der Waals surface area (Å²) in [6, 6.07) is 20.1. The predicted molar refractivity (Wildman–Crippen MR) is 80.8 cm³/mol. The van der Waals surface area contributed by atoms with Crippen LogP contribution >= 0.6 is 0 Å². The van der Waals surface area contributed by atoms with Crippen LogP contribution in [0.3, 0.4) is 0 Å². The zero-order valence-electron chi connectivity index (χ0n) is 11.4. The van der Waals surface area contributed by atoms with Crippen molar-refractivity contribution in [1.29, 1.82) is 0 Å². The molecule has 0 spiro atoms. The highest BCUT2D eigenvalue weighted by Crippen LogP contribution is 2.22. The zero-order valence-corrected chi connectivity index (χ0v) is 11.4. The van der Waals surface area contributed by atoms with Gasteiger partial charge in [-0.05, 0) is 30.7 Å². The van der Waals surface area contributed by atoms with E-state index in [1.807, 2.05) is 47.1 Å². The molecule has 0 aliphatic heterocycles. The molecule has 2 aromatic carbocycles. The fraction of sp³-hybridized carbons (Fsp3) is 0.118. The first-order valence-corrected chi connectivity index (χ1v) is 6.67. The fourth-order valence-electron chi connectivity index (χ4n) is 2.37. The molecule has 1 aromatic heterocycles. The van der Waals surface area contributed by atoms with Crippen LogP contribution in [0, 0.1) is 6.92 Å². The van der Waals surface area contributed by atoms with Crippen molar-refractivity contribution in [3.05, 3.63) is 83.7 Å². The Labute approximate surface area is 118 Å². The minimum Gasteiger partial charge on any atom is -0.319 e. The summed E-state index contributed by atoms with van der Waals surface area (Å²) in [4.78, 5) is 0. The van der Waals surface area contributed by atoms with Crippen molar-refractivity contribution in [2.24, 2.45) is 5.73 Å². The number of hydrogen-bond acceptors (Lipinski definition) is 2. The fourth-order valence-corrected chi connectivity index (χ4v) is 2.37. The van der Waals surface area contributed by atoms with Gasteiger partial charge in [-0.25, -0.2) is 4.68 Å². The molecule has 0 radical (unpaired) electrons.